The van der Waals surface area contributed by atoms with Crippen LogP contribution in [0.3, 0.4) is 0 Å². The SMILES string of the molecule is CCCCC(Oc1ccc(CCCC(=O)O)cc1)c1cccc(-c2ccc(C(F)(F)F)cc2)n1.CCCCC(Oc1ccc(OCC(=O)O)c(CC)c1)c1cccc(-c2ccc(C(F)(F)F)cc2)n1. The van der Waals surface area contributed by atoms with Crippen molar-refractivity contribution >= 4 is 11.9 Å². The van der Waals surface area contributed by atoms with E-state index in [-0.39, 0.29) is 18.6 Å². The third kappa shape index (κ3) is 16.7. The molecule has 0 radical (unpaired) electrons. The minimum Gasteiger partial charge on any atom is -0.484 e. The van der Waals surface area contributed by atoms with Gasteiger partial charge in [-0.05, 0) is 135 Å². The molecule has 2 heterocycles. The van der Waals surface area contributed by atoms with Crippen molar-refractivity contribution in [3.8, 4) is 39.8 Å². The van der Waals surface area contributed by atoms with Gasteiger partial charge in [-0.15, -0.1) is 0 Å². The van der Waals surface area contributed by atoms with Gasteiger partial charge < -0.3 is 24.4 Å². The lowest BCUT2D eigenvalue weighted by atomic mass is 10.1. The van der Waals surface area contributed by atoms with Crippen molar-refractivity contribution in [2.75, 3.05) is 6.61 Å². The monoisotopic (exact) mass is 958 g/mol. The Morgan fingerprint density at radius 2 is 1.06 bits per heavy atom. The van der Waals surface area contributed by atoms with E-state index in [1.807, 2.05) is 61.5 Å². The summed E-state index contributed by atoms with van der Waals surface area (Å²) >= 11 is 0. The van der Waals surface area contributed by atoms with E-state index in [4.69, 9.17) is 34.4 Å². The Bertz CT molecular complexity index is 2550. The standard InChI is InChI=1S/C27H28F3NO4.C27H28F3NO3/c1-3-5-9-25(35-21-14-15-24(18(4-2)16-21)34-17-26(32)33)23-8-6-7-22(31-23)19-10-12-20(13-11-19)27(28,29)30;1-2-3-9-25(34-22-17-11-19(12-18-22)6-4-10-26(32)33)24-8-5-7-23(31-24)20-13-15-21(16-14-20)27(28,29)30/h6-8,10-16,25H,3-5,9,17H2,1-2H3,(H,32,33);5,7-8,11-18,25H,2-4,6,9-10H2,1H3,(H,32,33). The second-order valence-corrected chi connectivity index (χ2v) is 16.2. The van der Waals surface area contributed by atoms with Gasteiger partial charge in [0.2, 0.25) is 0 Å². The molecular weight excluding hydrogens is 903 g/mol. The zero-order valence-electron chi connectivity index (χ0n) is 38.7. The number of rotatable bonds is 22. The summed E-state index contributed by atoms with van der Waals surface area (Å²) in [5.41, 5.74) is 4.21. The fraction of sp³-hybridized carbons (Fsp3) is 0.333. The number of aryl methyl sites for hydroxylation is 2. The number of carboxylic acid groups (broad SMARTS) is 2. The molecule has 2 atom stereocenters. The first-order valence-electron chi connectivity index (χ1n) is 22.9. The van der Waals surface area contributed by atoms with E-state index in [1.165, 1.54) is 24.3 Å². The first-order valence-corrected chi connectivity index (χ1v) is 22.9. The lowest BCUT2D eigenvalue weighted by Gasteiger charge is -2.20. The summed E-state index contributed by atoms with van der Waals surface area (Å²) in [5.74, 6) is -0.0669. The van der Waals surface area contributed by atoms with E-state index in [0.29, 0.717) is 71.1 Å². The Hall–Kier alpha value is -6.90. The number of carbonyl (C=O) groups is 2. The van der Waals surface area contributed by atoms with Crippen LogP contribution in [0.1, 0.15) is 118 Å². The summed E-state index contributed by atoms with van der Waals surface area (Å²) in [5, 5.41) is 17.6. The largest absolute Gasteiger partial charge is 0.484 e. The molecule has 0 saturated carbocycles. The lowest BCUT2D eigenvalue weighted by molar-refractivity contribution is -0.139. The molecule has 9 nitrogen and oxygen atoms in total. The highest BCUT2D eigenvalue weighted by Gasteiger charge is 2.31. The van der Waals surface area contributed by atoms with Crippen molar-refractivity contribution in [1.29, 1.82) is 0 Å². The molecular formula is C54H56F6N2O7. The van der Waals surface area contributed by atoms with Gasteiger partial charge in [0.1, 0.15) is 29.5 Å². The van der Waals surface area contributed by atoms with E-state index in [2.05, 4.69) is 13.8 Å². The molecule has 6 aromatic rings. The summed E-state index contributed by atoms with van der Waals surface area (Å²) < 4.78 is 95.3. The van der Waals surface area contributed by atoms with Gasteiger partial charge >= 0.3 is 24.3 Å². The van der Waals surface area contributed by atoms with Crippen molar-refractivity contribution < 1.29 is 60.4 Å². The van der Waals surface area contributed by atoms with Crippen molar-refractivity contribution in [2.24, 2.45) is 0 Å². The molecule has 0 spiro atoms. The molecule has 4 aromatic carbocycles. The molecule has 0 aliphatic rings. The number of hydrogen-bond donors (Lipinski definition) is 2. The average Bonchev–Trinajstić information content (AvgIpc) is 3.33. The molecule has 366 valence electrons. The summed E-state index contributed by atoms with van der Waals surface area (Å²) in [6.07, 6.45) is -2.16. The first kappa shape index (κ1) is 53.1. The zero-order chi connectivity index (χ0) is 50.0. The second-order valence-electron chi connectivity index (χ2n) is 16.2. The minimum absolute atomic E-state index is 0.137. The summed E-state index contributed by atoms with van der Waals surface area (Å²) in [7, 11) is 0. The van der Waals surface area contributed by atoms with E-state index in [9.17, 15) is 35.9 Å². The lowest BCUT2D eigenvalue weighted by Crippen LogP contribution is -2.12. The Labute approximate surface area is 398 Å². The normalized spacial score (nSPS) is 12.3. The van der Waals surface area contributed by atoms with Crippen LogP contribution >= 0.6 is 0 Å². The minimum atomic E-state index is -4.39. The smallest absolute Gasteiger partial charge is 0.416 e. The average molecular weight is 959 g/mol. The van der Waals surface area contributed by atoms with E-state index in [0.717, 1.165) is 73.2 Å². The van der Waals surface area contributed by atoms with Gasteiger partial charge in [0, 0.05) is 17.5 Å². The van der Waals surface area contributed by atoms with Crippen LogP contribution in [0.2, 0.25) is 0 Å². The Morgan fingerprint density at radius 3 is 1.49 bits per heavy atom. The van der Waals surface area contributed by atoms with Crippen molar-refractivity contribution in [1.82, 2.24) is 9.97 Å². The number of halogens is 6. The summed E-state index contributed by atoms with van der Waals surface area (Å²) in [6.45, 7) is 5.69. The number of nitrogens with zero attached hydrogens (tertiary/aromatic N) is 2. The van der Waals surface area contributed by atoms with Crippen molar-refractivity contribution in [3.05, 3.63) is 161 Å². The number of pyridine rings is 2. The van der Waals surface area contributed by atoms with Crippen molar-refractivity contribution in [2.45, 2.75) is 110 Å². The van der Waals surface area contributed by atoms with Crippen molar-refractivity contribution in [3.63, 3.8) is 0 Å². The maximum absolute atomic E-state index is 12.9. The number of hydrogen-bond acceptors (Lipinski definition) is 7. The van der Waals surface area contributed by atoms with Crippen LogP contribution < -0.4 is 14.2 Å². The highest BCUT2D eigenvalue weighted by atomic mass is 19.4. The predicted octanol–water partition coefficient (Wildman–Crippen LogP) is 14.6. The van der Waals surface area contributed by atoms with E-state index < -0.39 is 42.0 Å². The third-order valence-electron chi connectivity index (χ3n) is 11.0. The zero-order valence-corrected chi connectivity index (χ0v) is 38.7. The molecule has 0 fully saturated rings. The van der Waals surface area contributed by atoms with Gasteiger partial charge in [0.05, 0.1) is 33.9 Å². The van der Waals surface area contributed by atoms with Crippen LogP contribution in [0.5, 0.6) is 17.2 Å². The van der Waals surface area contributed by atoms with Crippen LogP contribution in [0.4, 0.5) is 26.3 Å². The summed E-state index contributed by atoms with van der Waals surface area (Å²) in [4.78, 5) is 30.9. The quantitative estimate of drug-likeness (QED) is 0.0639. The number of aromatic nitrogens is 2. The van der Waals surface area contributed by atoms with Crippen LogP contribution in [0, 0.1) is 0 Å². The number of aliphatic carboxylic acids is 2. The predicted molar refractivity (Wildman–Crippen MR) is 251 cm³/mol. The van der Waals surface area contributed by atoms with Gasteiger partial charge in [-0.2, -0.15) is 26.3 Å². The van der Waals surface area contributed by atoms with Gasteiger partial charge in [0.15, 0.2) is 6.61 Å². The Morgan fingerprint density at radius 1 is 0.580 bits per heavy atom. The Kier molecular flexibility index (Phi) is 19.6. The molecule has 2 N–H and O–H groups in total. The molecule has 6 rings (SSSR count). The topological polar surface area (TPSA) is 128 Å². The van der Waals surface area contributed by atoms with E-state index >= 15 is 0 Å². The molecule has 0 aliphatic heterocycles. The molecule has 2 unspecified atom stereocenters. The fourth-order valence-electron chi connectivity index (χ4n) is 7.25. The number of carboxylic acids is 2. The number of alkyl halides is 6. The Balaban J connectivity index is 0.000000258. The number of unbranched alkanes of at least 4 members (excludes halogenated alkanes) is 2. The van der Waals surface area contributed by atoms with Crippen LogP contribution in [-0.4, -0.2) is 38.7 Å². The van der Waals surface area contributed by atoms with Gasteiger partial charge in [0.25, 0.3) is 0 Å². The molecule has 15 heteroatoms. The highest BCUT2D eigenvalue weighted by Crippen LogP contribution is 2.35. The molecule has 0 bridgehead atoms. The third-order valence-corrected chi connectivity index (χ3v) is 11.0. The molecule has 2 aromatic heterocycles. The second kappa shape index (κ2) is 25.5. The number of ether oxygens (including phenoxy) is 3. The highest BCUT2D eigenvalue weighted by molar-refractivity contribution is 5.68. The van der Waals surface area contributed by atoms with Gasteiger partial charge in [-0.3, -0.25) is 4.79 Å². The maximum Gasteiger partial charge on any atom is 0.416 e. The van der Waals surface area contributed by atoms with Crippen LogP contribution in [0.15, 0.2) is 127 Å². The van der Waals surface area contributed by atoms with Crippen LogP contribution in [-0.2, 0) is 34.8 Å². The first-order chi connectivity index (χ1) is 33.0. The van der Waals surface area contributed by atoms with E-state index in [1.54, 1.807) is 24.3 Å². The molecule has 0 aliphatic carbocycles. The number of benzene rings is 4. The maximum atomic E-state index is 12.9. The van der Waals surface area contributed by atoms with Gasteiger partial charge in [-0.1, -0.05) is 82.1 Å². The molecule has 0 amide bonds. The molecule has 69 heavy (non-hydrogen) atoms. The molecule has 0 saturated heterocycles. The van der Waals surface area contributed by atoms with Gasteiger partial charge in [-0.25, -0.2) is 14.8 Å². The van der Waals surface area contributed by atoms with Crippen LogP contribution in [0.25, 0.3) is 22.5 Å². The summed E-state index contributed by atoms with van der Waals surface area (Å²) in [6, 6.07) is 33.7. The fourth-order valence-corrected chi connectivity index (χ4v) is 7.25.